The Morgan fingerprint density at radius 1 is 1.28 bits per heavy atom. The number of fused-ring (bicyclic) bond motifs is 1. The summed E-state index contributed by atoms with van der Waals surface area (Å²) in [6.07, 6.45) is 0.733. The van der Waals surface area contributed by atoms with E-state index in [4.69, 9.17) is 0 Å². The van der Waals surface area contributed by atoms with E-state index in [0.717, 1.165) is 17.5 Å². The third-order valence-corrected chi connectivity index (χ3v) is 4.41. The van der Waals surface area contributed by atoms with Gasteiger partial charge in [-0.2, -0.15) is 0 Å². The highest BCUT2D eigenvalue weighted by Crippen LogP contribution is 2.29. The number of nitrogens with zero attached hydrogens (tertiary/aromatic N) is 2. The van der Waals surface area contributed by atoms with E-state index in [2.05, 4.69) is 5.32 Å². The monoisotopic (exact) mass is 341 g/mol. The zero-order chi connectivity index (χ0) is 17.8. The van der Waals surface area contributed by atoms with Gasteiger partial charge in [0.25, 0.3) is 5.69 Å². The SMILES string of the molecule is O=C(NCc1cccc([N+](=O)[O-])c1)N1CCc2ccccc2[C@H]1CO. The first-order chi connectivity index (χ1) is 12.1. The Balaban J connectivity index is 1.69. The molecule has 25 heavy (non-hydrogen) atoms. The predicted octanol–water partition coefficient (Wildman–Crippen LogP) is 2.40. The summed E-state index contributed by atoms with van der Waals surface area (Å²) in [5.74, 6) is 0. The van der Waals surface area contributed by atoms with Crippen molar-refractivity contribution in [2.24, 2.45) is 0 Å². The molecule has 0 saturated heterocycles. The first kappa shape index (κ1) is 16.9. The Morgan fingerprint density at radius 3 is 2.84 bits per heavy atom. The van der Waals surface area contributed by atoms with Crippen LogP contribution < -0.4 is 5.32 Å². The minimum absolute atomic E-state index is 0.00752. The fraction of sp³-hybridized carbons (Fsp3) is 0.278. The number of nitro groups is 1. The van der Waals surface area contributed by atoms with Crippen LogP contribution in [0.4, 0.5) is 10.5 Å². The van der Waals surface area contributed by atoms with Gasteiger partial charge < -0.3 is 15.3 Å². The lowest BCUT2D eigenvalue weighted by molar-refractivity contribution is -0.384. The summed E-state index contributed by atoms with van der Waals surface area (Å²) in [5.41, 5.74) is 2.75. The summed E-state index contributed by atoms with van der Waals surface area (Å²) in [5, 5.41) is 23.3. The molecule has 3 rings (SSSR count). The Bertz CT molecular complexity index is 793. The van der Waals surface area contributed by atoms with Crippen molar-refractivity contribution in [1.29, 1.82) is 0 Å². The molecule has 0 radical (unpaired) electrons. The van der Waals surface area contributed by atoms with Gasteiger partial charge >= 0.3 is 6.03 Å². The molecule has 2 N–H and O–H groups in total. The number of hydrogen-bond acceptors (Lipinski definition) is 4. The van der Waals surface area contributed by atoms with Crippen LogP contribution in [0.1, 0.15) is 22.7 Å². The molecule has 0 bridgehead atoms. The van der Waals surface area contributed by atoms with Crippen molar-refractivity contribution in [1.82, 2.24) is 10.2 Å². The number of nitrogens with one attached hydrogen (secondary N) is 1. The lowest BCUT2D eigenvalue weighted by Crippen LogP contribution is -2.46. The summed E-state index contributed by atoms with van der Waals surface area (Å²) in [7, 11) is 0. The normalized spacial score (nSPS) is 16.2. The molecular weight excluding hydrogens is 322 g/mol. The molecule has 0 fully saturated rings. The molecule has 2 aromatic carbocycles. The third kappa shape index (κ3) is 3.61. The molecule has 1 heterocycles. The number of nitro benzene ring substituents is 1. The molecule has 2 amide bonds. The van der Waals surface area contributed by atoms with Crippen LogP contribution in [-0.4, -0.2) is 34.1 Å². The van der Waals surface area contributed by atoms with Crippen molar-refractivity contribution in [3.63, 3.8) is 0 Å². The smallest absolute Gasteiger partial charge is 0.318 e. The molecule has 0 aliphatic carbocycles. The maximum atomic E-state index is 12.5. The second-order valence-corrected chi connectivity index (χ2v) is 5.93. The van der Waals surface area contributed by atoms with Crippen molar-refractivity contribution < 1.29 is 14.8 Å². The quantitative estimate of drug-likeness (QED) is 0.659. The minimum Gasteiger partial charge on any atom is -0.394 e. The van der Waals surface area contributed by atoms with Gasteiger partial charge in [0.05, 0.1) is 17.6 Å². The van der Waals surface area contributed by atoms with Crippen LogP contribution in [0.15, 0.2) is 48.5 Å². The van der Waals surface area contributed by atoms with Crippen molar-refractivity contribution in [3.05, 3.63) is 75.3 Å². The Morgan fingerprint density at radius 2 is 2.08 bits per heavy atom. The number of carbonyl (C=O) groups excluding carboxylic acids is 1. The lowest BCUT2D eigenvalue weighted by Gasteiger charge is -2.36. The molecule has 7 nitrogen and oxygen atoms in total. The maximum absolute atomic E-state index is 12.5. The standard InChI is InChI=1S/C18H19N3O4/c22-12-17-16-7-2-1-5-14(16)8-9-20(17)18(23)19-11-13-4-3-6-15(10-13)21(24)25/h1-7,10,17,22H,8-9,11-12H2,(H,19,23)/t17-/m1/s1. The fourth-order valence-corrected chi connectivity index (χ4v) is 3.15. The van der Waals surface area contributed by atoms with Crippen LogP contribution >= 0.6 is 0 Å². The summed E-state index contributed by atoms with van der Waals surface area (Å²) in [4.78, 5) is 24.5. The van der Waals surface area contributed by atoms with Crippen LogP contribution in [0, 0.1) is 10.1 Å². The summed E-state index contributed by atoms with van der Waals surface area (Å²) in [6.45, 7) is 0.557. The number of aliphatic hydroxyl groups is 1. The van der Waals surface area contributed by atoms with Crippen LogP contribution in [0.25, 0.3) is 0 Å². The highest BCUT2D eigenvalue weighted by Gasteiger charge is 2.29. The minimum atomic E-state index is -0.464. The molecule has 0 spiro atoms. The van der Waals surface area contributed by atoms with Crippen molar-refractivity contribution in [2.45, 2.75) is 19.0 Å². The van der Waals surface area contributed by atoms with Crippen molar-refractivity contribution in [2.75, 3.05) is 13.2 Å². The van der Waals surface area contributed by atoms with Gasteiger partial charge in [-0.05, 0) is 23.1 Å². The fourth-order valence-electron chi connectivity index (χ4n) is 3.15. The van der Waals surface area contributed by atoms with E-state index in [-0.39, 0.29) is 30.9 Å². The molecule has 0 saturated carbocycles. The van der Waals surface area contributed by atoms with E-state index in [1.165, 1.54) is 12.1 Å². The van der Waals surface area contributed by atoms with E-state index in [0.29, 0.717) is 12.1 Å². The second kappa shape index (κ2) is 7.31. The average molecular weight is 341 g/mol. The van der Waals surface area contributed by atoms with Gasteiger partial charge in [-0.25, -0.2) is 4.79 Å². The number of rotatable bonds is 4. The lowest BCUT2D eigenvalue weighted by atomic mass is 9.93. The van der Waals surface area contributed by atoms with Crippen LogP contribution in [-0.2, 0) is 13.0 Å². The van der Waals surface area contributed by atoms with Gasteiger partial charge in [-0.1, -0.05) is 36.4 Å². The average Bonchev–Trinajstić information content (AvgIpc) is 2.65. The van der Waals surface area contributed by atoms with Gasteiger partial charge in [-0.3, -0.25) is 10.1 Å². The predicted molar refractivity (Wildman–Crippen MR) is 92.0 cm³/mol. The molecule has 2 aromatic rings. The number of carbonyl (C=O) groups is 1. The molecule has 1 aliphatic heterocycles. The van der Waals surface area contributed by atoms with E-state index in [9.17, 15) is 20.0 Å². The van der Waals surface area contributed by atoms with Gasteiger partial charge in [0.1, 0.15) is 0 Å². The number of amides is 2. The molecular formula is C18H19N3O4. The number of hydrogen-bond donors (Lipinski definition) is 2. The van der Waals surface area contributed by atoms with Crippen molar-refractivity contribution in [3.8, 4) is 0 Å². The number of benzene rings is 2. The Kier molecular flexibility index (Phi) is 4.95. The third-order valence-electron chi connectivity index (χ3n) is 4.41. The molecule has 7 heteroatoms. The van der Waals surface area contributed by atoms with Crippen LogP contribution in [0.5, 0.6) is 0 Å². The molecule has 130 valence electrons. The van der Waals surface area contributed by atoms with E-state index in [1.807, 2.05) is 24.3 Å². The summed E-state index contributed by atoms with van der Waals surface area (Å²) < 4.78 is 0. The summed E-state index contributed by atoms with van der Waals surface area (Å²) in [6, 6.07) is 13.3. The highest BCUT2D eigenvalue weighted by atomic mass is 16.6. The van der Waals surface area contributed by atoms with Gasteiger partial charge in [0.2, 0.25) is 0 Å². The molecule has 0 aromatic heterocycles. The zero-order valence-electron chi connectivity index (χ0n) is 13.6. The molecule has 1 aliphatic rings. The Hall–Kier alpha value is -2.93. The molecule has 0 unspecified atom stereocenters. The zero-order valence-corrected chi connectivity index (χ0v) is 13.6. The van der Waals surface area contributed by atoms with Gasteiger partial charge in [0.15, 0.2) is 0 Å². The number of aliphatic hydroxyl groups excluding tert-OH is 1. The number of urea groups is 1. The summed E-state index contributed by atoms with van der Waals surface area (Å²) >= 11 is 0. The van der Waals surface area contributed by atoms with Crippen LogP contribution in [0.3, 0.4) is 0 Å². The van der Waals surface area contributed by atoms with E-state index >= 15 is 0 Å². The van der Waals surface area contributed by atoms with E-state index < -0.39 is 4.92 Å². The second-order valence-electron chi connectivity index (χ2n) is 5.93. The van der Waals surface area contributed by atoms with Crippen molar-refractivity contribution >= 4 is 11.7 Å². The first-order valence-corrected chi connectivity index (χ1v) is 8.06. The van der Waals surface area contributed by atoms with Gasteiger partial charge in [-0.15, -0.1) is 0 Å². The van der Waals surface area contributed by atoms with Gasteiger partial charge in [0, 0.05) is 25.2 Å². The van der Waals surface area contributed by atoms with Crippen LogP contribution in [0.2, 0.25) is 0 Å². The Labute approximate surface area is 145 Å². The van der Waals surface area contributed by atoms with E-state index in [1.54, 1.807) is 17.0 Å². The highest BCUT2D eigenvalue weighted by molar-refractivity contribution is 5.75. The first-order valence-electron chi connectivity index (χ1n) is 8.06. The number of non-ortho nitro benzene ring substituents is 1. The largest absolute Gasteiger partial charge is 0.394 e. The maximum Gasteiger partial charge on any atom is 0.318 e. The molecule has 1 atom stereocenters. The topological polar surface area (TPSA) is 95.7 Å².